The van der Waals surface area contributed by atoms with Crippen LogP contribution in [0.1, 0.15) is 55.9 Å². The zero-order valence-corrected chi connectivity index (χ0v) is 22.8. The van der Waals surface area contributed by atoms with E-state index in [2.05, 4.69) is 67.6 Å². The van der Waals surface area contributed by atoms with E-state index in [1.54, 1.807) is 0 Å². The molecule has 0 fully saturated rings. The van der Waals surface area contributed by atoms with Crippen LogP contribution in [-0.2, 0) is 17.5 Å². The Balaban J connectivity index is 0.000000252. The van der Waals surface area contributed by atoms with Crippen LogP contribution in [0, 0.1) is 11.7 Å². The Morgan fingerprint density at radius 3 is 2.03 bits per heavy atom. The average Bonchev–Trinajstić information content (AvgIpc) is 2.91. The number of allylic oxidation sites excluding steroid dienone is 2. The molecule has 0 aromatic heterocycles. The van der Waals surface area contributed by atoms with E-state index >= 15 is 0 Å². The maximum absolute atomic E-state index is 14.1. The van der Waals surface area contributed by atoms with Gasteiger partial charge in [-0.15, -0.1) is 0 Å². The van der Waals surface area contributed by atoms with E-state index in [1.165, 1.54) is 24.1 Å². The number of rotatable bonds is 6. The summed E-state index contributed by atoms with van der Waals surface area (Å²) in [6.07, 6.45) is -0.775. The van der Waals surface area contributed by atoms with E-state index in [4.69, 9.17) is 0 Å². The summed E-state index contributed by atoms with van der Waals surface area (Å²) >= 11 is 0. The van der Waals surface area contributed by atoms with Gasteiger partial charge in [0, 0.05) is 36.7 Å². The van der Waals surface area contributed by atoms with E-state index in [0.29, 0.717) is 30.6 Å². The predicted octanol–water partition coefficient (Wildman–Crippen LogP) is 8.60. The Bertz CT molecular complexity index is 1260. The van der Waals surface area contributed by atoms with Crippen LogP contribution < -0.4 is 0 Å². The van der Waals surface area contributed by atoms with Crippen molar-refractivity contribution in [1.29, 1.82) is 0 Å². The first-order valence-corrected chi connectivity index (χ1v) is 13.1. The highest BCUT2D eigenvalue weighted by Crippen LogP contribution is 2.31. The molecule has 6 heteroatoms. The minimum absolute atomic E-state index is 0.0439. The number of alkyl halides is 3. The molecule has 206 valence electrons. The minimum atomic E-state index is -4.56. The number of Topliss-reactive ketones (excluding diaryl/α,β-unsaturated/α-hetero) is 1. The SMILES string of the molecule is C/C=C\C1=C(C(C)=O)CN(Cc2ccc(C(F)(F)F)cc2F)CC1C.CC(c1ccccc1)c1ccccc1. The Morgan fingerprint density at radius 1 is 1.00 bits per heavy atom. The number of carbonyl (C=O) groups excluding carboxylic acids is 1. The topological polar surface area (TPSA) is 20.3 Å². The second-order valence-corrected chi connectivity index (χ2v) is 9.91. The summed E-state index contributed by atoms with van der Waals surface area (Å²) in [4.78, 5) is 13.8. The highest BCUT2D eigenvalue weighted by molar-refractivity contribution is 5.95. The molecule has 1 heterocycles. The van der Waals surface area contributed by atoms with Crippen molar-refractivity contribution in [3.63, 3.8) is 0 Å². The van der Waals surface area contributed by atoms with Crippen molar-refractivity contribution in [2.45, 2.75) is 46.3 Å². The molecular formula is C33H35F4NO. The summed E-state index contributed by atoms with van der Waals surface area (Å²) in [6, 6.07) is 23.8. The Hall–Kier alpha value is -3.51. The van der Waals surface area contributed by atoms with Gasteiger partial charge in [0.25, 0.3) is 0 Å². The average molecular weight is 538 g/mol. The third-order valence-electron chi connectivity index (χ3n) is 6.94. The summed E-state index contributed by atoms with van der Waals surface area (Å²) < 4.78 is 52.0. The number of halogens is 4. The Kier molecular flexibility index (Phi) is 10.4. The summed E-state index contributed by atoms with van der Waals surface area (Å²) in [7, 11) is 0. The van der Waals surface area contributed by atoms with E-state index in [-0.39, 0.29) is 23.8 Å². The smallest absolute Gasteiger partial charge is 0.295 e. The lowest BCUT2D eigenvalue weighted by Gasteiger charge is -2.33. The van der Waals surface area contributed by atoms with Gasteiger partial charge in [-0.2, -0.15) is 13.2 Å². The zero-order chi connectivity index (χ0) is 28.6. The van der Waals surface area contributed by atoms with Crippen LogP contribution in [0.3, 0.4) is 0 Å². The van der Waals surface area contributed by atoms with Gasteiger partial charge in [0.1, 0.15) is 5.82 Å². The van der Waals surface area contributed by atoms with E-state index in [9.17, 15) is 22.4 Å². The second-order valence-electron chi connectivity index (χ2n) is 9.91. The number of carbonyl (C=O) groups is 1. The molecule has 0 aliphatic carbocycles. The molecule has 0 bridgehead atoms. The van der Waals surface area contributed by atoms with E-state index < -0.39 is 17.6 Å². The molecule has 1 atom stereocenters. The summed E-state index contributed by atoms with van der Waals surface area (Å²) in [5, 5.41) is 0. The summed E-state index contributed by atoms with van der Waals surface area (Å²) in [5.74, 6) is -0.355. The third kappa shape index (κ3) is 8.24. The van der Waals surface area contributed by atoms with Gasteiger partial charge in [-0.1, -0.05) is 92.7 Å². The van der Waals surface area contributed by atoms with Gasteiger partial charge in [-0.05, 0) is 48.6 Å². The van der Waals surface area contributed by atoms with Gasteiger partial charge in [0.2, 0.25) is 0 Å². The summed E-state index contributed by atoms with van der Waals surface area (Å²) in [5.41, 5.74) is 3.58. The fraction of sp³-hybridized carbons (Fsp3) is 0.303. The molecule has 0 saturated heterocycles. The van der Waals surface area contributed by atoms with Crippen molar-refractivity contribution in [3.05, 3.63) is 130 Å². The minimum Gasteiger partial charge on any atom is -0.295 e. The van der Waals surface area contributed by atoms with Crippen LogP contribution in [0.25, 0.3) is 0 Å². The fourth-order valence-electron chi connectivity index (χ4n) is 4.81. The van der Waals surface area contributed by atoms with Gasteiger partial charge in [-0.3, -0.25) is 9.69 Å². The maximum atomic E-state index is 14.1. The largest absolute Gasteiger partial charge is 0.416 e. The molecule has 0 saturated carbocycles. The molecule has 4 rings (SSSR count). The summed E-state index contributed by atoms with van der Waals surface area (Å²) in [6.45, 7) is 8.72. The number of hydrogen-bond acceptors (Lipinski definition) is 2. The van der Waals surface area contributed by atoms with Crippen molar-refractivity contribution in [2.75, 3.05) is 13.1 Å². The van der Waals surface area contributed by atoms with Crippen molar-refractivity contribution in [2.24, 2.45) is 5.92 Å². The Labute approximate surface area is 228 Å². The van der Waals surface area contributed by atoms with Crippen molar-refractivity contribution in [3.8, 4) is 0 Å². The molecule has 0 N–H and O–H groups in total. The van der Waals surface area contributed by atoms with Crippen LogP contribution >= 0.6 is 0 Å². The lowest BCUT2D eigenvalue weighted by Crippen LogP contribution is -2.37. The van der Waals surface area contributed by atoms with Gasteiger partial charge >= 0.3 is 6.18 Å². The van der Waals surface area contributed by atoms with Crippen molar-refractivity contribution >= 4 is 5.78 Å². The molecule has 1 aliphatic rings. The highest BCUT2D eigenvalue weighted by Gasteiger charge is 2.32. The van der Waals surface area contributed by atoms with Gasteiger partial charge in [0.05, 0.1) is 5.56 Å². The standard InChI is InChI=1S/C19H21F4NO.C14H14/c1-4-5-16-12(2)9-24(11-17(16)13(3)25)10-14-6-7-15(8-18(14)20)19(21,22)23;1-12(13-8-4-2-5-9-13)14-10-6-3-7-11-14/h4-8,12H,9-11H2,1-3H3;2-12H,1H3/b5-4-;. The Morgan fingerprint density at radius 2 is 1.56 bits per heavy atom. The molecule has 0 spiro atoms. The first kappa shape index (κ1) is 30.0. The molecule has 2 nitrogen and oxygen atoms in total. The number of nitrogens with zero attached hydrogens (tertiary/aromatic N) is 1. The van der Waals surface area contributed by atoms with Crippen LogP contribution in [-0.4, -0.2) is 23.8 Å². The number of ketones is 1. The maximum Gasteiger partial charge on any atom is 0.416 e. The normalized spacial score (nSPS) is 16.4. The van der Waals surface area contributed by atoms with E-state index in [0.717, 1.165) is 11.6 Å². The predicted molar refractivity (Wildman–Crippen MR) is 149 cm³/mol. The van der Waals surface area contributed by atoms with Crippen molar-refractivity contribution < 1.29 is 22.4 Å². The number of benzene rings is 3. The zero-order valence-electron chi connectivity index (χ0n) is 22.8. The first-order valence-electron chi connectivity index (χ1n) is 13.1. The first-order chi connectivity index (χ1) is 18.5. The van der Waals surface area contributed by atoms with Crippen LogP contribution in [0.2, 0.25) is 0 Å². The molecule has 3 aromatic rings. The molecule has 1 unspecified atom stereocenters. The quantitative estimate of drug-likeness (QED) is 0.294. The number of hydrogen-bond donors (Lipinski definition) is 0. The van der Waals surface area contributed by atoms with E-state index in [1.807, 2.05) is 30.9 Å². The monoisotopic (exact) mass is 537 g/mol. The van der Waals surface area contributed by atoms with Crippen LogP contribution in [0.4, 0.5) is 17.6 Å². The van der Waals surface area contributed by atoms with Gasteiger partial charge < -0.3 is 0 Å². The molecule has 0 amide bonds. The van der Waals surface area contributed by atoms with Crippen LogP contribution in [0.15, 0.2) is 102 Å². The third-order valence-corrected chi connectivity index (χ3v) is 6.94. The molecule has 0 radical (unpaired) electrons. The molecular weight excluding hydrogens is 502 g/mol. The highest BCUT2D eigenvalue weighted by atomic mass is 19.4. The fourth-order valence-corrected chi connectivity index (χ4v) is 4.81. The molecule has 1 aliphatic heterocycles. The van der Waals surface area contributed by atoms with Crippen LogP contribution in [0.5, 0.6) is 0 Å². The molecule has 3 aromatic carbocycles. The van der Waals surface area contributed by atoms with Crippen molar-refractivity contribution in [1.82, 2.24) is 4.90 Å². The molecule has 39 heavy (non-hydrogen) atoms. The van der Waals surface area contributed by atoms with Gasteiger partial charge in [0.15, 0.2) is 5.78 Å². The lowest BCUT2D eigenvalue weighted by atomic mass is 9.88. The van der Waals surface area contributed by atoms with Gasteiger partial charge in [-0.25, -0.2) is 4.39 Å². The lowest BCUT2D eigenvalue weighted by molar-refractivity contribution is -0.137. The second kappa shape index (κ2) is 13.5.